The third-order valence-corrected chi connectivity index (χ3v) is 5.45. The van der Waals surface area contributed by atoms with Gasteiger partial charge in [-0.05, 0) is 36.4 Å². The summed E-state index contributed by atoms with van der Waals surface area (Å²) >= 11 is 0. The zero-order chi connectivity index (χ0) is 21.6. The predicted molar refractivity (Wildman–Crippen MR) is 114 cm³/mol. The van der Waals surface area contributed by atoms with Gasteiger partial charge >= 0.3 is 5.69 Å². The lowest BCUT2D eigenvalue weighted by Crippen LogP contribution is -2.52. The van der Waals surface area contributed by atoms with E-state index in [0.29, 0.717) is 28.3 Å². The maximum absolute atomic E-state index is 13.5. The number of carbonyl (C=O) groups excluding carboxylic acids is 1. The second-order valence-electron chi connectivity index (χ2n) is 7.22. The molecule has 0 spiro atoms. The molecule has 30 heavy (non-hydrogen) atoms. The molecule has 0 radical (unpaired) electrons. The van der Waals surface area contributed by atoms with Gasteiger partial charge in [-0.1, -0.05) is 12.1 Å². The van der Waals surface area contributed by atoms with Crippen LogP contribution in [0.1, 0.15) is 22.1 Å². The Bertz CT molecular complexity index is 1240. The van der Waals surface area contributed by atoms with E-state index in [-0.39, 0.29) is 5.91 Å². The molecular weight excluding hydrogens is 384 g/mol. The van der Waals surface area contributed by atoms with Crippen molar-refractivity contribution < 1.29 is 9.53 Å². The topological polar surface area (TPSA) is 76.8 Å². The summed E-state index contributed by atoms with van der Waals surface area (Å²) in [7, 11) is 6.42. The number of anilines is 2. The first-order valence-electron chi connectivity index (χ1n) is 9.41. The van der Waals surface area contributed by atoms with Crippen LogP contribution in [0.5, 0.6) is 5.75 Å². The van der Waals surface area contributed by atoms with Gasteiger partial charge in [0.15, 0.2) is 0 Å². The second-order valence-corrected chi connectivity index (χ2v) is 7.22. The van der Waals surface area contributed by atoms with Crippen LogP contribution in [0.25, 0.3) is 0 Å². The molecule has 0 N–H and O–H groups in total. The maximum Gasteiger partial charge on any atom is 0.330 e. The quantitative estimate of drug-likeness (QED) is 0.664. The fraction of sp³-hybridized carbons (Fsp3) is 0.227. The molecular formula is C22H22N4O4. The Labute approximate surface area is 173 Å². The summed E-state index contributed by atoms with van der Waals surface area (Å²) in [6, 6.07) is 14.3. The number of aromatic nitrogens is 2. The van der Waals surface area contributed by atoms with Gasteiger partial charge in [-0.25, -0.2) is 4.79 Å². The monoisotopic (exact) mass is 406 g/mol. The van der Waals surface area contributed by atoms with Gasteiger partial charge in [0, 0.05) is 33.0 Å². The van der Waals surface area contributed by atoms with Crippen LogP contribution in [0.2, 0.25) is 0 Å². The number of benzene rings is 2. The molecule has 0 saturated carbocycles. The highest BCUT2D eigenvalue weighted by Crippen LogP contribution is 2.39. The largest absolute Gasteiger partial charge is 0.497 e. The van der Waals surface area contributed by atoms with E-state index in [1.807, 2.05) is 30.1 Å². The Morgan fingerprint density at radius 3 is 2.23 bits per heavy atom. The van der Waals surface area contributed by atoms with Gasteiger partial charge in [0.25, 0.3) is 11.5 Å². The van der Waals surface area contributed by atoms with Crippen LogP contribution in [-0.2, 0) is 14.1 Å². The van der Waals surface area contributed by atoms with Crippen molar-refractivity contribution >= 4 is 17.3 Å². The first kappa shape index (κ1) is 19.5. The summed E-state index contributed by atoms with van der Waals surface area (Å²) in [5.41, 5.74) is 1.32. The predicted octanol–water partition coefficient (Wildman–Crippen LogP) is 1.89. The molecule has 1 aromatic heterocycles. The normalized spacial score (nSPS) is 15.9. The second kappa shape index (κ2) is 7.22. The third kappa shape index (κ3) is 2.88. The van der Waals surface area contributed by atoms with Gasteiger partial charge in [0.2, 0.25) is 0 Å². The standard InChI is InChI=1S/C22H22N4O4/c1-23-13-17(20(27)25(3)22(23)29)19-24(2)18-8-6-5-7-16(18)21(28)26(19)14-9-11-15(30-4)12-10-14/h5-13,19H,1-4H3. The number of para-hydroxylation sites is 1. The molecule has 0 aliphatic carbocycles. The lowest BCUT2D eigenvalue weighted by atomic mass is 10.0. The average Bonchev–Trinajstić information content (AvgIpc) is 2.77. The molecule has 0 fully saturated rings. The number of ether oxygens (including phenoxy) is 1. The first-order valence-corrected chi connectivity index (χ1v) is 9.41. The van der Waals surface area contributed by atoms with Crippen molar-refractivity contribution in [2.45, 2.75) is 6.17 Å². The van der Waals surface area contributed by atoms with E-state index >= 15 is 0 Å². The molecule has 0 saturated heterocycles. The molecule has 1 aliphatic heterocycles. The van der Waals surface area contributed by atoms with Crippen LogP contribution in [0, 0.1) is 0 Å². The van der Waals surface area contributed by atoms with Crippen molar-refractivity contribution in [3.63, 3.8) is 0 Å². The maximum atomic E-state index is 13.5. The van der Waals surface area contributed by atoms with Crippen molar-refractivity contribution in [3.05, 3.63) is 86.7 Å². The fourth-order valence-corrected chi connectivity index (χ4v) is 3.87. The molecule has 8 nitrogen and oxygen atoms in total. The molecule has 4 rings (SSSR count). The van der Waals surface area contributed by atoms with Crippen LogP contribution in [0.3, 0.4) is 0 Å². The Hall–Kier alpha value is -3.81. The molecule has 1 amide bonds. The average molecular weight is 406 g/mol. The smallest absolute Gasteiger partial charge is 0.330 e. The fourth-order valence-electron chi connectivity index (χ4n) is 3.87. The lowest BCUT2D eigenvalue weighted by Gasteiger charge is -2.43. The van der Waals surface area contributed by atoms with Gasteiger partial charge in [0.05, 0.1) is 23.9 Å². The van der Waals surface area contributed by atoms with E-state index in [0.717, 1.165) is 4.57 Å². The van der Waals surface area contributed by atoms with Crippen molar-refractivity contribution in [1.82, 2.24) is 9.13 Å². The minimum Gasteiger partial charge on any atom is -0.497 e. The Morgan fingerprint density at radius 2 is 1.57 bits per heavy atom. The van der Waals surface area contributed by atoms with Crippen molar-refractivity contribution in [1.29, 1.82) is 0 Å². The lowest BCUT2D eigenvalue weighted by molar-refractivity contribution is 0.0969. The van der Waals surface area contributed by atoms with Crippen molar-refractivity contribution in [2.75, 3.05) is 24.0 Å². The van der Waals surface area contributed by atoms with Crippen LogP contribution >= 0.6 is 0 Å². The van der Waals surface area contributed by atoms with E-state index in [9.17, 15) is 14.4 Å². The highest BCUT2D eigenvalue weighted by atomic mass is 16.5. The van der Waals surface area contributed by atoms with E-state index in [1.54, 1.807) is 49.4 Å². The number of rotatable bonds is 3. The van der Waals surface area contributed by atoms with E-state index < -0.39 is 17.4 Å². The highest BCUT2D eigenvalue weighted by Gasteiger charge is 2.39. The minimum atomic E-state index is -0.730. The number of methoxy groups -OCH3 is 1. The van der Waals surface area contributed by atoms with Gasteiger partial charge in [0.1, 0.15) is 11.9 Å². The van der Waals surface area contributed by atoms with Gasteiger partial charge in [-0.3, -0.25) is 19.1 Å². The van der Waals surface area contributed by atoms with Crippen LogP contribution < -0.4 is 25.8 Å². The summed E-state index contributed by atoms with van der Waals surface area (Å²) in [6.07, 6.45) is 0.773. The zero-order valence-electron chi connectivity index (χ0n) is 17.2. The molecule has 0 bridgehead atoms. The molecule has 3 aromatic rings. The number of nitrogens with zero attached hydrogens (tertiary/aromatic N) is 4. The molecule has 154 valence electrons. The number of hydrogen-bond acceptors (Lipinski definition) is 5. The van der Waals surface area contributed by atoms with Crippen LogP contribution in [-0.4, -0.2) is 29.2 Å². The van der Waals surface area contributed by atoms with Gasteiger partial charge in [-0.2, -0.15) is 0 Å². The number of aryl methyl sites for hydroxylation is 1. The van der Waals surface area contributed by atoms with Crippen LogP contribution in [0.15, 0.2) is 64.3 Å². The molecule has 1 aliphatic rings. The number of amides is 1. The van der Waals surface area contributed by atoms with Crippen LogP contribution in [0.4, 0.5) is 11.4 Å². The summed E-state index contributed by atoms with van der Waals surface area (Å²) in [5.74, 6) is 0.432. The Kier molecular flexibility index (Phi) is 4.69. The Morgan fingerprint density at radius 1 is 0.900 bits per heavy atom. The summed E-state index contributed by atoms with van der Waals surface area (Å²) in [6.45, 7) is 0. The Balaban J connectivity index is 1.99. The molecule has 1 unspecified atom stereocenters. The molecule has 2 heterocycles. The molecule has 1 atom stereocenters. The van der Waals surface area contributed by atoms with Crippen molar-refractivity contribution in [3.8, 4) is 5.75 Å². The SMILES string of the molecule is COc1ccc(N2C(=O)c3ccccc3N(C)C2c2cn(C)c(=O)n(C)c2=O)cc1. The number of carbonyl (C=O) groups is 1. The van der Waals surface area contributed by atoms with E-state index in [2.05, 4.69) is 0 Å². The number of fused-ring (bicyclic) bond motifs is 1. The summed E-state index contributed by atoms with van der Waals surface area (Å²) in [5, 5.41) is 0. The van der Waals surface area contributed by atoms with E-state index in [1.165, 1.54) is 17.8 Å². The minimum absolute atomic E-state index is 0.227. The van der Waals surface area contributed by atoms with Gasteiger partial charge in [-0.15, -0.1) is 0 Å². The number of hydrogen-bond donors (Lipinski definition) is 0. The highest BCUT2D eigenvalue weighted by molar-refractivity contribution is 6.12. The van der Waals surface area contributed by atoms with Gasteiger partial charge < -0.3 is 14.2 Å². The molecule has 8 heteroatoms. The van der Waals surface area contributed by atoms with E-state index in [4.69, 9.17) is 4.74 Å². The van der Waals surface area contributed by atoms with Crippen molar-refractivity contribution in [2.24, 2.45) is 14.1 Å². The summed E-state index contributed by atoms with van der Waals surface area (Å²) < 4.78 is 7.64. The first-order chi connectivity index (χ1) is 14.3. The molecule has 2 aromatic carbocycles. The third-order valence-electron chi connectivity index (χ3n) is 5.45. The zero-order valence-corrected chi connectivity index (χ0v) is 17.2. The summed E-state index contributed by atoms with van der Waals surface area (Å²) in [4.78, 5) is 42.2.